The van der Waals surface area contributed by atoms with Crippen molar-refractivity contribution in [3.63, 3.8) is 0 Å². The lowest BCUT2D eigenvalue weighted by atomic mass is 10.1. The van der Waals surface area contributed by atoms with Crippen molar-refractivity contribution in [2.75, 3.05) is 26.2 Å². The van der Waals surface area contributed by atoms with E-state index in [1.165, 1.54) is 0 Å². The number of aromatic carboxylic acids is 1. The van der Waals surface area contributed by atoms with Crippen molar-refractivity contribution in [2.45, 2.75) is 38.6 Å². The van der Waals surface area contributed by atoms with Crippen LogP contribution in [0, 0.1) is 0 Å². The van der Waals surface area contributed by atoms with Gasteiger partial charge in [-0.25, -0.2) is 4.79 Å². The van der Waals surface area contributed by atoms with E-state index in [-0.39, 0.29) is 12.1 Å². The van der Waals surface area contributed by atoms with Crippen LogP contribution in [0.5, 0.6) is 0 Å². The Morgan fingerprint density at radius 1 is 1.32 bits per heavy atom. The molecule has 0 bridgehead atoms. The summed E-state index contributed by atoms with van der Waals surface area (Å²) >= 11 is 0. The summed E-state index contributed by atoms with van der Waals surface area (Å²) in [5.41, 5.74) is -3.26. The number of morpholine rings is 1. The largest absolute Gasteiger partial charge is 0.477 e. The van der Waals surface area contributed by atoms with Crippen molar-refractivity contribution < 1.29 is 27.8 Å². The molecule has 2 heterocycles. The lowest BCUT2D eigenvalue weighted by Crippen LogP contribution is -2.48. The van der Waals surface area contributed by atoms with Gasteiger partial charge in [0.25, 0.3) is 5.56 Å². The van der Waals surface area contributed by atoms with Gasteiger partial charge in [-0.1, -0.05) is 0 Å². The van der Waals surface area contributed by atoms with E-state index in [1.807, 2.05) is 13.8 Å². The molecule has 1 aliphatic heterocycles. The first kappa shape index (κ1) is 19.5. The molecule has 0 amide bonds. The summed E-state index contributed by atoms with van der Waals surface area (Å²) in [5, 5.41) is 8.95. The molecule has 25 heavy (non-hydrogen) atoms. The number of rotatable bonds is 5. The van der Waals surface area contributed by atoms with Gasteiger partial charge in [0.2, 0.25) is 0 Å². The average molecular weight is 362 g/mol. The number of pyridine rings is 1. The van der Waals surface area contributed by atoms with Gasteiger partial charge in [-0.05, 0) is 32.4 Å². The van der Waals surface area contributed by atoms with E-state index in [1.54, 1.807) is 0 Å². The highest BCUT2D eigenvalue weighted by Crippen LogP contribution is 2.28. The van der Waals surface area contributed by atoms with Crippen LogP contribution in [0.25, 0.3) is 0 Å². The normalized spacial score (nSPS) is 18.3. The fraction of sp³-hybridized carbons (Fsp3) is 0.625. The number of nitrogens with zero attached hydrogens (tertiary/aromatic N) is 2. The Bertz CT molecular complexity index is 698. The van der Waals surface area contributed by atoms with Gasteiger partial charge < -0.3 is 14.4 Å². The van der Waals surface area contributed by atoms with Crippen LogP contribution in [-0.4, -0.2) is 52.4 Å². The fourth-order valence-corrected chi connectivity index (χ4v) is 2.97. The maximum absolute atomic E-state index is 13.1. The van der Waals surface area contributed by atoms with Crippen LogP contribution in [0.1, 0.15) is 36.3 Å². The summed E-state index contributed by atoms with van der Waals surface area (Å²) in [4.78, 5) is 25.2. The zero-order valence-electron chi connectivity index (χ0n) is 14.1. The van der Waals surface area contributed by atoms with E-state index in [2.05, 4.69) is 4.90 Å². The predicted octanol–water partition coefficient (Wildman–Crippen LogP) is 2.07. The third kappa shape index (κ3) is 4.82. The molecule has 6 nitrogen and oxygen atoms in total. The van der Waals surface area contributed by atoms with Crippen molar-refractivity contribution in [3.8, 4) is 0 Å². The molecular weight excluding hydrogens is 341 g/mol. The molecule has 0 saturated carbocycles. The quantitative estimate of drug-likeness (QED) is 0.868. The zero-order valence-corrected chi connectivity index (χ0v) is 14.1. The zero-order chi connectivity index (χ0) is 18.8. The first-order valence-electron chi connectivity index (χ1n) is 7.92. The second kappa shape index (κ2) is 7.17. The summed E-state index contributed by atoms with van der Waals surface area (Å²) in [6.45, 7) is 6.00. The fourth-order valence-electron chi connectivity index (χ4n) is 2.97. The van der Waals surface area contributed by atoms with Crippen molar-refractivity contribution in [1.82, 2.24) is 9.47 Å². The van der Waals surface area contributed by atoms with Crippen LogP contribution in [0.2, 0.25) is 0 Å². The Labute approximate surface area is 142 Å². The first-order valence-corrected chi connectivity index (χ1v) is 7.92. The number of carbonyl (C=O) groups is 1. The predicted molar refractivity (Wildman–Crippen MR) is 83.8 cm³/mol. The van der Waals surface area contributed by atoms with Gasteiger partial charge in [0, 0.05) is 26.2 Å². The number of alkyl halides is 3. The van der Waals surface area contributed by atoms with Crippen molar-refractivity contribution in [2.24, 2.45) is 0 Å². The van der Waals surface area contributed by atoms with Crippen LogP contribution < -0.4 is 5.56 Å². The standard InChI is InChI=1S/C16H21F3N2O4/c1-15(2)10-20(8-9-25-15)6-3-7-21-12(16(17,18)19)5-4-11(13(21)22)14(23)24/h4-5H,3,6-10H2,1-2H3,(H,23,24). The molecule has 1 fully saturated rings. The van der Waals surface area contributed by atoms with E-state index in [0.29, 0.717) is 49.4 Å². The summed E-state index contributed by atoms with van der Waals surface area (Å²) in [5.74, 6) is -1.54. The molecule has 9 heteroatoms. The minimum Gasteiger partial charge on any atom is -0.477 e. The first-order chi connectivity index (χ1) is 11.5. The Morgan fingerprint density at radius 3 is 2.56 bits per heavy atom. The number of carboxylic acid groups (broad SMARTS) is 1. The van der Waals surface area contributed by atoms with Crippen molar-refractivity contribution in [3.05, 3.63) is 33.7 Å². The lowest BCUT2D eigenvalue weighted by Gasteiger charge is -2.38. The molecule has 0 aliphatic carbocycles. The van der Waals surface area contributed by atoms with E-state index in [4.69, 9.17) is 9.84 Å². The number of hydrogen-bond donors (Lipinski definition) is 1. The second-order valence-corrected chi connectivity index (χ2v) is 6.63. The SMILES string of the molecule is CC1(C)CN(CCCn2c(C(F)(F)F)ccc(C(=O)O)c2=O)CCO1. The molecule has 0 unspecified atom stereocenters. The molecule has 0 spiro atoms. The van der Waals surface area contributed by atoms with E-state index >= 15 is 0 Å². The molecule has 0 atom stereocenters. The number of carboxylic acids is 1. The Morgan fingerprint density at radius 2 is 2.00 bits per heavy atom. The molecule has 1 aliphatic rings. The highest BCUT2D eigenvalue weighted by molar-refractivity contribution is 5.87. The highest BCUT2D eigenvalue weighted by atomic mass is 19.4. The molecule has 2 rings (SSSR count). The third-order valence-electron chi connectivity index (χ3n) is 4.06. The minimum atomic E-state index is -4.73. The molecule has 1 N–H and O–H groups in total. The van der Waals surface area contributed by atoms with Gasteiger partial charge in [-0.3, -0.25) is 9.69 Å². The summed E-state index contributed by atoms with van der Waals surface area (Å²) < 4.78 is 45.4. The smallest absolute Gasteiger partial charge is 0.431 e. The Balaban J connectivity index is 2.16. The van der Waals surface area contributed by atoms with Crippen molar-refractivity contribution in [1.29, 1.82) is 0 Å². The van der Waals surface area contributed by atoms with Gasteiger partial charge in [-0.2, -0.15) is 13.2 Å². The summed E-state index contributed by atoms with van der Waals surface area (Å²) in [6.07, 6.45) is -4.43. The maximum atomic E-state index is 13.1. The molecule has 0 aromatic carbocycles. The van der Waals surface area contributed by atoms with Crippen LogP contribution in [0.4, 0.5) is 13.2 Å². The van der Waals surface area contributed by atoms with Crippen LogP contribution in [0.3, 0.4) is 0 Å². The van der Waals surface area contributed by atoms with E-state index in [9.17, 15) is 22.8 Å². The second-order valence-electron chi connectivity index (χ2n) is 6.63. The Kier molecular flexibility index (Phi) is 5.58. The third-order valence-corrected chi connectivity index (χ3v) is 4.06. The molecule has 140 valence electrons. The molecular formula is C16H21F3N2O4. The molecule has 1 aromatic heterocycles. The monoisotopic (exact) mass is 362 g/mol. The lowest BCUT2D eigenvalue weighted by molar-refractivity contribution is -0.144. The van der Waals surface area contributed by atoms with Crippen molar-refractivity contribution >= 4 is 5.97 Å². The molecule has 1 aromatic rings. The summed E-state index contributed by atoms with van der Waals surface area (Å²) in [6, 6.07) is 1.34. The molecule has 0 radical (unpaired) electrons. The summed E-state index contributed by atoms with van der Waals surface area (Å²) in [7, 11) is 0. The van der Waals surface area contributed by atoms with Crippen LogP contribution in [-0.2, 0) is 17.5 Å². The van der Waals surface area contributed by atoms with Gasteiger partial charge in [0.1, 0.15) is 11.3 Å². The van der Waals surface area contributed by atoms with E-state index in [0.717, 1.165) is 0 Å². The van der Waals surface area contributed by atoms with Gasteiger partial charge in [0.05, 0.1) is 12.2 Å². The van der Waals surface area contributed by atoms with Crippen LogP contribution >= 0.6 is 0 Å². The topological polar surface area (TPSA) is 71.8 Å². The highest BCUT2D eigenvalue weighted by Gasteiger charge is 2.35. The van der Waals surface area contributed by atoms with E-state index < -0.39 is 29.0 Å². The van der Waals surface area contributed by atoms with Gasteiger partial charge in [-0.15, -0.1) is 0 Å². The minimum absolute atomic E-state index is 0.202. The number of halogens is 3. The van der Waals surface area contributed by atoms with Gasteiger partial charge >= 0.3 is 12.1 Å². The number of aromatic nitrogens is 1. The number of ether oxygens (including phenoxy) is 1. The molecule has 1 saturated heterocycles. The van der Waals surface area contributed by atoms with Crippen LogP contribution in [0.15, 0.2) is 16.9 Å². The number of hydrogen-bond acceptors (Lipinski definition) is 4. The Hall–Kier alpha value is -1.87. The average Bonchev–Trinajstić information content (AvgIpc) is 2.46. The maximum Gasteiger partial charge on any atom is 0.431 e. The van der Waals surface area contributed by atoms with Gasteiger partial charge in [0.15, 0.2) is 0 Å².